The summed E-state index contributed by atoms with van der Waals surface area (Å²) in [5.74, 6) is -2.22. The molecule has 0 fully saturated rings. The number of benzene rings is 1. The molecule has 0 spiro atoms. The largest absolute Gasteiger partial charge is 0.573 e. The van der Waals surface area contributed by atoms with E-state index >= 15 is 0 Å². The molecule has 1 aromatic rings. The van der Waals surface area contributed by atoms with Crippen LogP contribution in [0.4, 0.5) is 13.2 Å². The molecule has 118 valence electrons. The van der Waals surface area contributed by atoms with Crippen molar-refractivity contribution in [1.29, 1.82) is 0 Å². The van der Waals surface area contributed by atoms with Crippen LogP contribution in [0.2, 0.25) is 0 Å². The van der Waals surface area contributed by atoms with Gasteiger partial charge in [-0.2, -0.15) is 0 Å². The zero-order valence-electron chi connectivity index (χ0n) is 10.2. The molecule has 7 nitrogen and oxygen atoms in total. The van der Waals surface area contributed by atoms with Crippen molar-refractivity contribution < 1.29 is 41.3 Å². The number of nitrogens with one attached hydrogen (secondary N) is 1. The highest BCUT2D eigenvalue weighted by Crippen LogP contribution is 2.23. The summed E-state index contributed by atoms with van der Waals surface area (Å²) in [4.78, 5) is 9.91. The number of sulfonamides is 1. The Morgan fingerprint density at radius 2 is 1.81 bits per heavy atom. The number of carbonyl (C=O) groups is 1. The number of halogens is 3. The molecule has 0 amide bonds. The average Bonchev–Trinajstić information content (AvgIpc) is 2.34. The predicted octanol–water partition coefficient (Wildman–Crippen LogP) is 0.309. The van der Waals surface area contributed by atoms with Crippen molar-refractivity contribution in [3.63, 3.8) is 0 Å². The summed E-state index contributed by atoms with van der Waals surface area (Å²) in [6.45, 7) is -0.779. The Hall–Kier alpha value is -1.85. The normalized spacial score (nSPS) is 13.7. The highest BCUT2D eigenvalue weighted by Gasteiger charge is 2.31. The molecular formula is C10H10F3NO6S. The van der Waals surface area contributed by atoms with Crippen LogP contribution in [-0.4, -0.2) is 43.6 Å². The van der Waals surface area contributed by atoms with Crippen LogP contribution in [0.25, 0.3) is 0 Å². The molecule has 0 aliphatic heterocycles. The minimum atomic E-state index is -4.90. The Morgan fingerprint density at radius 3 is 2.24 bits per heavy atom. The third-order valence-corrected chi connectivity index (χ3v) is 3.56. The maximum absolute atomic E-state index is 11.9. The molecule has 1 aromatic carbocycles. The molecule has 0 aromatic heterocycles. The first kappa shape index (κ1) is 17.2. The van der Waals surface area contributed by atoms with Crippen LogP contribution in [0.3, 0.4) is 0 Å². The summed E-state index contributed by atoms with van der Waals surface area (Å²) in [7, 11) is -4.16. The van der Waals surface area contributed by atoms with Crippen LogP contribution < -0.4 is 9.46 Å². The van der Waals surface area contributed by atoms with E-state index in [9.17, 15) is 26.4 Å². The third kappa shape index (κ3) is 5.57. The molecule has 0 aliphatic rings. The van der Waals surface area contributed by atoms with E-state index in [1.54, 1.807) is 4.72 Å². The number of carboxylic acid groups (broad SMARTS) is 1. The third-order valence-electron chi connectivity index (χ3n) is 2.12. The van der Waals surface area contributed by atoms with E-state index in [0.717, 1.165) is 24.3 Å². The second kappa shape index (κ2) is 6.28. The van der Waals surface area contributed by atoms with Crippen LogP contribution in [0.15, 0.2) is 29.2 Å². The molecule has 0 radical (unpaired) electrons. The number of alkyl halides is 3. The zero-order chi connectivity index (χ0) is 16.3. The van der Waals surface area contributed by atoms with Gasteiger partial charge in [0.1, 0.15) is 5.75 Å². The second-order valence-electron chi connectivity index (χ2n) is 3.73. The molecule has 0 heterocycles. The molecule has 0 saturated heterocycles. The maximum atomic E-state index is 11.9. The van der Waals surface area contributed by atoms with Gasteiger partial charge in [-0.3, -0.25) is 0 Å². The van der Waals surface area contributed by atoms with E-state index in [1.807, 2.05) is 0 Å². The fraction of sp³-hybridized carbons (Fsp3) is 0.300. The van der Waals surface area contributed by atoms with Crippen LogP contribution in [0.1, 0.15) is 0 Å². The van der Waals surface area contributed by atoms with Gasteiger partial charge in [0.2, 0.25) is 10.0 Å². The SMILES string of the molecule is O=C(O)[C@@H](O)CNS(=O)(=O)c1ccc(OC(F)(F)F)cc1. The Morgan fingerprint density at radius 1 is 1.29 bits per heavy atom. The standard InChI is InChI=1S/C10H10F3NO6S/c11-10(12,13)20-6-1-3-7(4-2-6)21(18,19)14-5-8(15)9(16)17/h1-4,8,14-15H,5H2,(H,16,17)/t8-/m0/s1. The van der Waals surface area contributed by atoms with Crippen molar-refractivity contribution in [2.24, 2.45) is 0 Å². The minimum absolute atomic E-state index is 0.408. The van der Waals surface area contributed by atoms with Crippen LogP contribution >= 0.6 is 0 Å². The highest BCUT2D eigenvalue weighted by molar-refractivity contribution is 7.89. The Bertz CT molecular complexity index is 598. The molecular weight excluding hydrogens is 319 g/mol. The van der Waals surface area contributed by atoms with Gasteiger partial charge >= 0.3 is 12.3 Å². The molecule has 11 heteroatoms. The highest BCUT2D eigenvalue weighted by atomic mass is 32.2. The fourth-order valence-electron chi connectivity index (χ4n) is 1.18. The zero-order valence-corrected chi connectivity index (χ0v) is 11.0. The number of aliphatic hydroxyl groups excluding tert-OH is 1. The summed E-state index contributed by atoms with van der Waals surface area (Å²) >= 11 is 0. The van der Waals surface area contributed by atoms with Crippen molar-refractivity contribution >= 4 is 16.0 Å². The first-order valence-corrected chi connectivity index (χ1v) is 6.76. The molecule has 0 saturated carbocycles. The van der Waals surface area contributed by atoms with Crippen molar-refractivity contribution in [1.82, 2.24) is 4.72 Å². The lowest BCUT2D eigenvalue weighted by atomic mass is 10.3. The van der Waals surface area contributed by atoms with E-state index in [0.29, 0.717) is 0 Å². The number of hydrogen-bond donors (Lipinski definition) is 3. The van der Waals surface area contributed by atoms with Gasteiger partial charge in [0.15, 0.2) is 6.10 Å². The molecule has 21 heavy (non-hydrogen) atoms. The quantitative estimate of drug-likeness (QED) is 0.692. The van der Waals surface area contributed by atoms with Crippen LogP contribution in [0.5, 0.6) is 5.75 Å². The van der Waals surface area contributed by atoms with Crippen molar-refractivity contribution in [3.05, 3.63) is 24.3 Å². The van der Waals surface area contributed by atoms with Gasteiger partial charge < -0.3 is 14.9 Å². The summed E-state index contributed by atoms with van der Waals surface area (Å²) in [6.07, 6.45) is -6.84. The summed E-state index contributed by atoms with van der Waals surface area (Å²) < 4.78 is 64.5. The van der Waals surface area contributed by atoms with Gasteiger partial charge in [0.25, 0.3) is 0 Å². The van der Waals surface area contributed by atoms with Crippen LogP contribution in [-0.2, 0) is 14.8 Å². The maximum Gasteiger partial charge on any atom is 0.573 e. The first-order chi connectivity index (χ1) is 9.51. The van der Waals surface area contributed by atoms with Gasteiger partial charge in [-0.15, -0.1) is 13.2 Å². The van der Waals surface area contributed by atoms with Crippen LogP contribution in [0, 0.1) is 0 Å². The Kier molecular flexibility index (Phi) is 5.15. The topological polar surface area (TPSA) is 113 Å². The predicted molar refractivity (Wildman–Crippen MR) is 62.0 cm³/mol. The van der Waals surface area contributed by atoms with Crippen molar-refractivity contribution in [2.45, 2.75) is 17.4 Å². The van der Waals surface area contributed by atoms with Gasteiger partial charge in [0.05, 0.1) is 4.90 Å². The molecule has 1 atom stereocenters. The minimum Gasteiger partial charge on any atom is -0.479 e. The van der Waals surface area contributed by atoms with Gasteiger partial charge in [0, 0.05) is 6.54 Å². The number of hydrogen-bond acceptors (Lipinski definition) is 5. The number of ether oxygens (including phenoxy) is 1. The van der Waals surface area contributed by atoms with E-state index in [2.05, 4.69) is 4.74 Å². The molecule has 3 N–H and O–H groups in total. The van der Waals surface area contributed by atoms with E-state index in [-0.39, 0.29) is 0 Å². The van der Waals surface area contributed by atoms with E-state index in [4.69, 9.17) is 10.2 Å². The molecule has 0 unspecified atom stereocenters. The molecule has 0 bridgehead atoms. The van der Waals surface area contributed by atoms with Gasteiger partial charge in [-0.1, -0.05) is 0 Å². The summed E-state index contributed by atoms with van der Waals surface area (Å²) in [6, 6.07) is 3.26. The van der Waals surface area contributed by atoms with Gasteiger partial charge in [-0.25, -0.2) is 17.9 Å². The second-order valence-corrected chi connectivity index (χ2v) is 5.49. The Labute approximate surface area is 117 Å². The van der Waals surface area contributed by atoms with E-state index in [1.165, 1.54) is 0 Å². The smallest absolute Gasteiger partial charge is 0.479 e. The summed E-state index contributed by atoms with van der Waals surface area (Å²) in [5.41, 5.74) is 0. The number of carboxylic acids is 1. The Balaban J connectivity index is 2.78. The number of aliphatic hydroxyl groups is 1. The molecule has 1 rings (SSSR count). The first-order valence-electron chi connectivity index (χ1n) is 5.27. The van der Waals surface area contributed by atoms with E-state index < -0.39 is 45.6 Å². The number of aliphatic carboxylic acids is 1. The van der Waals surface area contributed by atoms with Crippen molar-refractivity contribution in [2.75, 3.05) is 6.54 Å². The number of rotatable bonds is 6. The lowest BCUT2D eigenvalue weighted by molar-refractivity contribution is -0.274. The monoisotopic (exact) mass is 329 g/mol. The summed E-state index contributed by atoms with van der Waals surface area (Å²) in [5, 5.41) is 17.3. The lowest BCUT2D eigenvalue weighted by Crippen LogP contribution is -2.36. The average molecular weight is 329 g/mol. The van der Waals surface area contributed by atoms with Gasteiger partial charge in [-0.05, 0) is 24.3 Å². The van der Waals surface area contributed by atoms with Crippen molar-refractivity contribution in [3.8, 4) is 5.75 Å². The molecule has 0 aliphatic carbocycles. The lowest BCUT2D eigenvalue weighted by Gasteiger charge is -2.11. The fourth-order valence-corrected chi connectivity index (χ4v) is 2.22.